The molecule has 114 valence electrons. The van der Waals surface area contributed by atoms with Gasteiger partial charge in [0.05, 0.1) is 18.4 Å². The molecule has 0 spiro atoms. The molecule has 0 aliphatic carbocycles. The van der Waals surface area contributed by atoms with E-state index in [0.29, 0.717) is 25.3 Å². The Hall–Kier alpha value is -1.13. The lowest BCUT2D eigenvalue weighted by Gasteiger charge is -2.21. The molecule has 2 N–H and O–H groups in total. The van der Waals surface area contributed by atoms with Gasteiger partial charge in [0.2, 0.25) is 0 Å². The van der Waals surface area contributed by atoms with Crippen LogP contribution in [0.2, 0.25) is 0 Å². The van der Waals surface area contributed by atoms with E-state index < -0.39 is 0 Å². The molecule has 0 saturated carbocycles. The highest BCUT2D eigenvalue weighted by molar-refractivity contribution is 5.48. The Morgan fingerprint density at radius 2 is 2.05 bits per heavy atom. The van der Waals surface area contributed by atoms with Gasteiger partial charge in [-0.2, -0.15) is 0 Å². The van der Waals surface area contributed by atoms with Crippen molar-refractivity contribution < 1.29 is 9.13 Å². The van der Waals surface area contributed by atoms with Gasteiger partial charge in [-0.1, -0.05) is 13.0 Å². The van der Waals surface area contributed by atoms with E-state index in [1.165, 1.54) is 0 Å². The molecule has 1 aromatic carbocycles. The van der Waals surface area contributed by atoms with Crippen LogP contribution in [-0.4, -0.2) is 32.3 Å². The Morgan fingerprint density at radius 3 is 2.60 bits per heavy atom. The van der Waals surface area contributed by atoms with Crippen LogP contribution in [0.5, 0.6) is 0 Å². The molecule has 1 aromatic rings. The zero-order chi connectivity index (χ0) is 15.1. The molecule has 1 unspecified atom stereocenters. The van der Waals surface area contributed by atoms with Gasteiger partial charge in [-0.15, -0.1) is 0 Å². The molecule has 1 rings (SSSR count). The molecular formula is C16H27FN2O. The lowest BCUT2D eigenvalue weighted by molar-refractivity contribution is 0.0845. The molecule has 1 atom stereocenters. The lowest BCUT2D eigenvalue weighted by Crippen LogP contribution is -2.25. The summed E-state index contributed by atoms with van der Waals surface area (Å²) < 4.78 is 19.6. The van der Waals surface area contributed by atoms with Crippen LogP contribution in [-0.2, 0) is 11.2 Å². The summed E-state index contributed by atoms with van der Waals surface area (Å²) in [6.07, 6.45) is 1.81. The predicted octanol–water partition coefficient (Wildman–Crippen LogP) is 2.97. The minimum atomic E-state index is -0.196. The highest BCUT2D eigenvalue weighted by Crippen LogP contribution is 2.20. The van der Waals surface area contributed by atoms with Crippen molar-refractivity contribution in [2.45, 2.75) is 45.8 Å². The number of likely N-dealkylation sites (N-methyl/N-ethyl adjacent to an activating group) is 1. The number of ether oxygens (including phenoxy) is 1. The van der Waals surface area contributed by atoms with E-state index in [2.05, 4.69) is 0 Å². The maximum Gasteiger partial charge on any atom is 0.146 e. The second kappa shape index (κ2) is 8.22. The third kappa shape index (κ3) is 5.47. The Morgan fingerprint density at radius 1 is 1.35 bits per heavy atom. The van der Waals surface area contributed by atoms with Crippen molar-refractivity contribution in [3.8, 4) is 0 Å². The average Bonchev–Trinajstić information content (AvgIpc) is 2.38. The summed E-state index contributed by atoms with van der Waals surface area (Å²) >= 11 is 0. The van der Waals surface area contributed by atoms with Gasteiger partial charge < -0.3 is 15.4 Å². The van der Waals surface area contributed by atoms with Crippen molar-refractivity contribution in [3.05, 3.63) is 29.6 Å². The summed E-state index contributed by atoms with van der Waals surface area (Å²) in [5, 5.41) is 0. The second-order valence-corrected chi connectivity index (χ2v) is 5.50. The van der Waals surface area contributed by atoms with E-state index in [4.69, 9.17) is 10.5 Å². The molecule has 0 aliphatic heterocycles. The average molecular weight is 282 g/mol. The van der Waals surface area contributed by atoms with Gasteiger partial charge in [-0.25, -0.2) is 4.39 Å². The van der Waals surface area contributed by atoms with Gasteiger partial charge >= 0.3 is 0 Å². The molecule has 0 amide bonds. The Balaban J connectivity index is 2.62. The van der Waals surface area contributed by atoms with Gasteiger partial charge in [0, 0.05) is 19.6 Å². The van der Waals surface area contributed by atoms with Crippen LogP contribution in [0, 0.1) is 5.82 Å². The zero-order valence-electron chi connectivity index (χ0n) is 13.0. The fourth-order valence-electron chi connectivity index (χ4n) is 1.98. The molecular weight excluding hydrogens is 255 g/mol. The van der Waals surface area contributed by atoms with Crippen LogP contribution in [0.3, 0.4) is 0 Å². The molecule has 4 heteroatoms. The van der Waals surface area contributed by atoms with Gasteiger partial charge in [-0.05, 0) is 44.4 Å². The largest absolute Gasteiger partial charge is 0.377 e. The Labute approximate surface area is 121 Å². The summed E-state index contributed by atoms with van der Waals surface area (Å²) in [7, 11) is 1.87. The molecule has 0 heterocycles. The van der Waals surface area contributed by atoms with E-state index in [1.807, 2.05) is 44.9 Å². The van der Waals surface area contributed by atoms with Gasteiger partial charge in [-0.3, -0.25) is 0 Å². The van der Waals surface area contributed by atoms with Crippen LogP contribution in [0.1, 0.15) is 32.8 Å². The Kier molecular flexibility index (Phi) is 6.96. The van der Waals surface area contributed by atoms with Crippen LogP contribution < -0.4 is 10.6 Å². The third-order valence-corrected chi connectivity index (χ3v) is 3.32. The van der Waals surface area contributed by atoms with Gasteiger partial charge in [0.25, 0.3) is 0 Å². The zero-order valence-corrected chi connectivity index (χ0v) is 13.0. The number of rotatable bonds is 8. The summed E-state index contributed by atoms with van der Waals surface area (Å²) in [5.74, 6) is -0.196. The number of hydrogen-bond donors (Lipinski definition) is 1. The standard InChI is InChI=1S/C16H27FN2O/c1-5-14(18)10-13-6-7-16(15(17)11-13)19(4)8-9-20-12(2)3/h6-7,11-12,14H,5,8-10,18H2,1-4H3. The SMILES string of the molecule is CCC(N)Cc1ccc(N(C)CCOC(C)C)c(F)c1. The van der Waals surface area contributed by atoms with E-state index in [0.717, 1.165) is 12.0 Å². The Bertz CT molecular complexity index is 409. The summed E-state index contributed by atoms with van der Waals surface area (Å²) in [6.45, 7) is 7.29. The first-order valence-corrected chi connectivity index (χ1v) is 7.30. The van der Waals surface area contributed by atoms with Crippen molar-refractivity contribution in [2.24, 2.45) is 5.73 Å². The van der Waals surface area contributed by atoms with Crippen molar-refractivity contribution in [2.75, 3.05) is 25.1 Å². The minimum absolute atomic E-state index is 0.0948. The second-order valence-electron chi connectivity index (χ2n) is 5.50. The summed E-state index contributed by atoms with van der Waals surface area (Å²) in [4.78, 5) is 1.88. The highest BCUT2D eigenvalue weighted by Gasteiger charge is 2.10. The summed E-state index contributed by atoms with van der Waals surface area (Å²) in [5.41, 5.74) is 7.45. The fraction of sp³-hybridized carbons (Fsp3) is 0.625. The maximum atomic E-state index is 14.1. The first kappa shape index (κ1) is 16.9. The van der Waals surface area contributed by atoms with Gasteiger partial charge in [0.1, 0.15) is 5.82 Å². The highest BCUT2D eigenvalue weighted by atomic mass is 19.1. The molecule has 0 bridgehead atoms. The van der Waals surface area contributed by atoms with Crippen molar-refractivity contribution in [1.29, 1.82) is 0 Å². The fourth-order valence-corrected chi connectivity index (χ4v) is 1.98. The van der Waals surface area contributed by atoms with Gasteiger partial charge in [0.15, 0.2) is 0 Å². The smallest absolute Gasteiger partial charge is 0.146 e. The number of benzene rings is 1. The number of anilines is 1. The normalized spacial score (nSPS) is 12.8. The van der Waals surface area contributed by atoms with E-state index >= 15 is 0 Å². The molecule has 3 nitrogen and oxygen atoms in total. The molecule has 0 saturated heterocycles. The molecule has 0 fully saturated rings. The molecule has 0 aliphatic rings. The molecule has 0 radical (unpaired) electrons. The number of nitrogens with zero attached hydrogens (tertiary/aromatic N) is 1. The molecule has 20 heavy (non-hydrogen) atoms. The van der Waals surface area contributed by atoms with Crippen LogP contribution in [0.4, 0.5) is 10.1 Å². The van der Waals surface area contributed by atoms with Crippen molar-refractivity contribution in [3.63, 3.8) is 0 Å². The number of halogens is 1. The van der Waals surface area contributed by atoms with Crippen molar-refractivity contribution in [1.82, 2.24) is 0 Å². The first-order chi connectivity index (χ1) is 9.43. The number of hydrogen-bond acceptors (Lipinski definition) is 3. The minimum Gasteiger partial charge on any atom is -0.377 e. The van der Waals surface area contributed by atoms with Crippen LogP contribution >= 0.6 is 0 Å². The van der Waals surface area contributed by atoms with E-state index in [-0.39, 0.29) is 18.0 Å². The van der Waals surface area contributed by atoms with E-state index in [1.54, 1.807) is 6.07 Å². The lowest BCUT2D eigenvalue weighted by atomic mass is 10.0. The maximum absolute atomic E-state index is 14.1. The van der Waals surface area contributed by atoms with E-state index in [9.17, 15) is 4.39 Å². The monoisotopic (exact) mass is 282 g/mol. The summed E-state index contributed by atoms with van der Waals surface area (Å²) in [6, 6.07) is 5.46. The molecule has 0 aromatic heterocycles. The van der Waals surface area contributed by atoms with Crippen molar-refractivity contribution >= 4 is 5.69 Å². The van der Waals surface area contributed by atoms with Crippen LogP contribution in [0.25, 0.3) is 0 Å². The van der Waals surface area contributed by atoms with Crippen LogP contribution in [0.15, 0.2) is 18.2 Å². The topological polar surface area (TPSA) is 38.5 Å². The number of nitrogens with two attached hydrogens (primary N) is 1. The third-order valence-electron chi connectivity index (χ3n) is 3.32. The predicted molar refractivity (Wildman–Crippen MR) is 82.7 cm³/mol. The first-order valence-electron chi connectivity index (χ1n) is 7.30. The quantitative estimate of drug-likeness (QED) is 0.796.